The zero-order valence-corrected chi connectivity index (χ0v) is 15.1. The molecule has 0 saturated heterocycles. The molecule has 3 atom stereocenters. The van der Waals surface area contributed by atoms with Crippen LogP contribution in [0.3, 0.4) is 0 Å². The Kier molecular flexibility index (Phi) is 6.65. The molecule has 0 radical (unpaired) electrons. The molecule has 0 unspecified atom stereocenters. The van der Waals surface area contributed by atoms with Crippen molar-refractivity contribution < 1.29 is 19.1 Å². The van der Waals surface area contributed by atoms with Crippen LogP contribution < -0.4 is 0 Å². The Balaban J connectivity index is 4.83. The Morgan fingerprint density at radius 1 is 1.25 bits per heavy atom. The van der Waals surface area contributed by atoms with Crippen LogP contribution in [0.25, 0.3) is 0 Å². The maximum absolute atomic E-state index is 11.5. The van der Waals surface area contributed by atoms with Crippen molar-refractivity contribution in [2.75, 3.05) is 7.11 Å². The van der Waals surface area contributed by atoms with Crippen molar-refractivity contribution in [1.29, 1.82) is 0 Å². The first-order valence-electron chi connectivity index (χ1n) is 6.98. The van der Waals surface area contributed by atoms with Gasteiger partial charge in [0.2, 0.25) is 0 Å². The lowest BCUT2D eigenvalue weighted by Crippen LogP contribution is -2.47. The van der Waals surface area contributed by atoms with Gasteiger partial charge in [0.05, 0.1) is 19.3 Å². The Labute approximate surface area is 124 Å². The quantitative estimate of drug-likeness (QED) is 0.465. The van der Waals surface area contributed by atoms with Gasteiger partial charge in [0, 0.05) is 11.5 Å². The van der Waals surface area contributed by atoms with E-state index >= 15 is 0 Å². The summed E-state index contributed by atoms with van der Waals surface area (Å²) in [7, 11) is -0.645. The van der Waals surface area contributed by atoms with Crippen LogP contribution in [0.5, 0.6) is 0 Å². The van der Waals surface area contributed by atoms with Crippen molar-refractivity contribution >= 4 is 14.3 Å². The number of carbonyl (C=O) groups is 1. The molecule has 4 nitrogen and oxygen atoms in total. The lowest BCUT2D eigenvalue weighted by Gasteiger charge is -2.40. The molecule has 5 heteroatoms. The third-order valence-corrected chi connectivity index (χ3v) is 8.85. The van der Waals surface area contributed by atoms with E-state index < -0.39 is 26.3 Å². The van der Waals surface area contributed by atoms with Gasteiger partial charge in [-0.25, -0.2) is 4.79 Å². The minimum Gasteiger partial charge on any atom is -0.466 e. The molecule has 118 valence electrons. The summed E-state index contributed by atoms with van der Waals surface area (Å²) in [5, 5.41) is 10.4. The number of carbonyl (C=O) groups excluding carboxylic acids is 1. The van der Waals surface area contributed by atoms with E-state index in [4.69, 9.17) is 4.43 Å². The maximum Gasteiger partial charge on any atom is 0.333 e. The van der Waals surface area contributed by atoms with Crippen molar-refractivity contribution in [2.45, 2.75) is 65.0 Å². The smallest absolute Gasteiger partial charge is 0.333 e. The molecule has 0 rings (SSSR count). The number of hydrogen-bond donors (Lipinski definition) is 1. The first-order valence-corrected chi connectivity index (χ1v) is 9.89. The number of hydrogen-bond acceptors (Lipinski definition) is 4. The lowest BCUT2D eigenvalue weighted by molar-refractivity contribution is -0.137. The topological polar surface area (TPSA) is 55.8 Å². The SMILES string of the molecule is C=C(C(=O)OC)[C@H](C)[C@@H](O)[C@@H](C)O[Si](C)(C)C(C)(C)C. The normalized spacial score (nSPS) is 17.2. The fourth-order valence-corrected chi connectivity index (χ4v) is 3.06. The van der Waals surface area contributed by atoms with Crippen molar-refractivity contribution in [3.05, 3.63) is 12.2 Å². The van der Waals surface area contributed by atoms with Crippen LogP contribution in [0.1, 0.15) is 34.6 Å². The molecule has 0 heterocycles. The minimum atomic E-state index is -1.95. The number of aliphatic hydroxyl groups is 1. The Hall–Kier alpha value is -0.653. The molecule has 0 aromatic rings. The van der Waals surface area contributed by atoms with Gasteiger partial charge in [-0.1, -0.05) is 34.3 Å². The number of esters is 1. The molecule has 20 heavy (non-hydrogen) atoms. The molecule has 0 fully saturated rings. The van der Waals surface area contributed by atoms with Crippen molar-refractivity contribution in [3.8, 4) is 0 Å². The van der Waals surface area contributed by atoms with Gasteiger partial charge in [0.15, 0.2) is 8.32 Å². The zero-order chi connectivity index (χ0) is 16.3. The highest BCUT2D eigenvalue weighted by atomic mass is 28.4. The number of methoxy groups -OCH3 is 1. The predicted molar refractivity (Wildman–Crippen MR) is 84.1 cm³/mol. The Morgan fingerprint density at radius 3 is 2.05 bits per heavy atom. The molecule has 0 amide bonds. The highest BCUT2D eigenvalue weighted by Gasteiger charge is 2.40. The average molecular weight is 302 g/mol. The lowest BCUT2D eigenvalue weighted by atomic mass is 9.93. The van der Waals surface area contributed by atoms with Gasteiger partial charge in [-0.15, -0.1) is 0 Å². The molecule has 0 aliphatic rings. The largest absolute Gasteiger partial charge is 0.466 e. The second kappa shape index (κ2) is 6.87. The van der Waals surface area contributed by atoms with E-state index in [1.807, 2.05) is 6.92 Å². The first-order chi connectivity index (χ1) is 8.85. The predicted octanol–water partition coefficient (Wildman–Crippen LogP) is 3.12. The molecule has 0 aliphatic carbocycles. The summed E-state index contributed by atoms with van der Waals surface area (Å²) < 4.78 is 10.8. The van der Waals surface area contributed by atoms with Crippen LogP contribution in [0.2, 0.25) is 18.1 Å². The summed E-state index contributed by atoms with van der Waals surface area (Å²) >= 11 is 0. The van der Waals surface area contributed by atoms with Gasteiger partial charge < -0.3 is 14.3 Å². The van der Waals surface area contributed by atoms with E-state index in [1.165, 1.54) is 7.11 Å². The summed E-state index contributed by atoms with van der Waals surface area (Å²) in [5.74, 6) is -0.890. The molecule has 0 spiro atoms. The van der Waals surface area contributed by atoms with Gasteiger partial charge in [0.25, 0.3) is 0 Å². The molecule has 0 saturated carbocycles. The molecule has 0 bridgehead atoms. The molecule has 0 aromatic heterocycles. The van der Waals surface area contributed by atoms with Gasteiger partial charge in [-0.2, -0.15) is 0 Å². The van der Waals surface area contributed by atoms with Crippen LogP contribution in [-0.2, 0) is 14.0 Å². The first kappa shape index (κ1) is 19.3. The highest BCUT2D eigenvalue weighted by molar-refractivity contribution is 6.74. The number of aliphatic hydroxyl groups excluding tert-OH is 1. The summed E-state index contributed by atoms with van der Waals surface area (Å²) in [4.78, 5) is 11.5. The Morgan fingerprint density at radius 2 is 1.70 bits per heavy atom. The third kappa shape index (κ3) is 4.72. The van der Waals surface area contributed by atoms with E-state index in [2.05, 4.69) is 45.2 Å². The Bertz CT molecular complexity index is 357. The molecule has 1 N–H and O–H groups in total. The van der Waals surface area contributed by atoms with E-state index in [9.17, 15) is 9.90 Å². The van der Waals surface area contributed by atoms with Crippen LogP contribution in [0.15, 0.2) is 12.2 Å². The molecular weight excluding hydrogens is 272 g/mol. The maximum atomic E-state index is 11.5. The van der Waals surface area contributed by atoms with Crippen molar-refractivity contribution in [2.24, 2.45) is 5.92 Å². The summed E-state index contributed by atoms with van der Waals surface area (Å²) in [6.45, 7) is 18.0. The highest BCUT2D eigenvalue weighted by Crippen LogP contribution is 2.38. The van der Waals surface area contributed by atoms with Crippen LogP contribution >= 0.6 is 0 Å². The fraction of sp³-hybridized carbons (Fsp3) is 0.800. The summed E-state index contributed by atoms with van der Waals surface area (Å²) in [6.07, 6.45) is -1.14. The van der Waals surface area contributed by atoms with Crippen LogP contribution in [-0.4, -0.2) is 38.7 Å². The average Bonchev–Trinajstić information content (AvgIpc) is 2.32. The summed E-state index contributed by atoms with van der Waals surface area (Å²) in [5.41, 5.74) is 0.269. The second-order valence-corrected chi connectivity index (χ2v) is 11.6. The second-order valence-electron chi connectivity index (χ2n) is 6.88. The van der Waals surface area contributed by atoms with Gasteiger partial charge in [-0.05, 0) is 25.1 Å². The van der Waals surface area contributed by atoms with Crippen LogP contribution in [0.4, 0.5) is 0 Å². The van der Waals surface area contributed by atoms with Gasteiger partial charge in [0.1, 0.15) is 0 Å². The number of ether oxygens (including phenoxy) is 1. The van der Waals surface area contributed by atoms with Gasteiger partial charge >= 0.3 is 5.97 Å². The van der Waals surface area contributed by atoms with E-state index in [1.54, 1.807) is 6.92 Å². The fourth-order valence-electron chi connectivity index (χ4n) is 1.64. The minimum absolute atomic E-state index is 0.0730. The van der Waals surface area contributed by atoms with Crippen LogP contribution in [0, 0.1) is 5.92 Å². The molecular formula is C15H30O4Si. The van der Waals surface area contributed by atoms with Crippen molar-refractivity contribution in [3.63, 3.8) is 0 Å². The monoisotopic (exact) mass is 302 g/mol. The van der Waals surface area contributed by atoms with E-state index in [-0.39, 0.29) is 16.7 Å². The third-order valence-electron chi connectivity index (χ3n) is 4.28. The zero-order valence-electron chi connectivity index (χ0n) is 14.1. The van der Waals surface area contributed by atoms with E-state index in [0.29, 0.717) is 0 Å². The van der Waals surface area contributed by atoms with Gasteiger partial charge in [-0.3, -0.25) is 0 Å². The van der Waals surface area contributed by atoms with E-state index in [0.717, 1.165) is 0 Å². The summed E-state index contributed by atoms with van der Waals surface area (Å²) in [6, 6.07) is 0. The number of rotatable bonds is 6. The van der Waals surface area contributed by atoms with Crippen molar-refractivity contribution in [1.82, 2.24) is 0 Å². The molecule has 0 aliphatic heterocycles. The standard InChI is InChI=1S/C15H30O4Si/c1-10(11(2)14(17)18-7)13(16)12(3)19-20(8,9)15(4,5)6/h10,12-13,16H,2H2,1,3-9H3/t10-,12+,13+/m0/s1. The molecule has 0 aromatic carbocycles.